The zero-order chi connectivity index (χ0) is 19.1. The van der Waals surface area contributed by atoms with Crippen LogP contribution in [-0.4, -0.2) is 36.6 Å². The number of hydrogen-bond donors (Lipinski definition) is 2. The van der Waals surface area contributed by atoms with Crippen LogP contribution in [0.3, 0.4) is 0 Å². The Kier molecular flexibility index (Phi) is 7.64. The molecule has 26 heavy (non-hydrogen) atoms. The Morgan fingerprint density at radius 3 is 2.54 bits per heavy atom. The summed E-state index contributed by atoms with van der Waals surface area (Å²) in [5.41, 5.74) is 1.51. The standard InChI is InChI=1S/C21H32N2O3/c1-14(2)19(23-20(24)18-10-6-5-8-15(18)3)21(25)22-16(4)11-12-17-9-7-13-26-17/h5-6,8,10,14,16-17,19H,7,9,11-13H2,1-4H3,(H,22,25)(H,23,24)/t16-,17+,19+/m1/s1. The van der Waals surface area contributed by atoms with Crippen molar-refractivity contribution in [2.75, 3.05) is 6.61 Å². The van der Waals surface area contributed by atoms with Gasteiger partial charge >= 0.3 is 0 Å². The number of carbonyl (C=O) groups excluding carboxylic acids is 2. The van der Waals surface area contributed by atoms with Crippen molar-refractivity contribution in [1.29, 1.82) is 0 Å². The van der Waals surface area contributed by atoms with E-state index in [-0.39, 0.29) is 23.8 Å². The molecular formula is C21H32N2O3. The van der Waals surface area contributed by atoms with Gasteiger partial charge in [-0.05, 0) is 57.1 Å². The van der Waals surface area contributed by atoms with Crippen LogP contribution in [0.2, 0.25) is 0 Å². The van der Waals surface area contributed by atoms with Gasteiger partial charge in [0.2, 0.25) is 5.91 Å². The number of ether oxygens (including phenoxy) is 1. The van der Waals surface area contributed by atoms with Gasteiger partial charge in [0.05, 0.1) is 6.10 Å². The minimum absolute atomic E-state index is 0.00772. The number of hydrogen-bond acceptors (Lipinski definition) is 3. The van der Waals surface area contributed by atoms with Gasteiger partial charge in [0, 0.05) is 18.2 Å². The molecule has 5 heteroatoms. The molecule has 2 rings (SSSR count). The SMILES string of the molecule is Cc1ccccc1C(=O)N[C@H](C(=O)N[C@H](C)CC[C@@H]1CCCO1)C(C)C. The average Bonchev–Trinajstić information content (AvgIpc) is 3.11. The second-order valence-corrected chi connectivity index (χ2v) is 7.63. The van der Waals surface area contributed by atoms with Gasteiger partial charge in [0.15, 0.2) is 0 Å². The molecule has 2 N–H and O–H groups in total. The summed E-state index contributed by atoms with van der Waals surface area (Å²) >= 11 is 0. The van der Waals surface area contributed by atoms with Crippen molar-refractivity contribution < 1.29 is 14.3 Å². The topological polar surface area (TPSA) is 67.4 Å². The summed E-state index contributed by atoms with van der Waals surface area (Å²) in [5, 5.41) is 5.95. The van der Waals surface area contributed by atoms with Crippen LogP contribution in [0.25, 0.3) is 0 Å². The van der Waals surface area contributed by atoms with Crippen molar-refractivity contribution in [2.45, 2.75) is 71.6 Å². The Labute approximate surface area is 156 Å². The smallest absolute Gasteiger partial charge is 0.252 e. The van der Waals surface area contributed by atoms with E-state index in [1.54, 1.807) is 6.07 Å². The fourth-order valence-corrected chi connectivity index (χ4v) is 3.29. The zero-order valence-corrected chi connectivity index (χ0v) is 16.4. The monoisotopic (exact) mass is 360 g/mol. The molecule has 144 valence electrons. The Bertz CT molecular complexity index is 609. The maximum absolute atomic E-state index is 12.7. The first-order chi connectivity index (χ1) is 12.4. The van der Waals surface area contributed by atoms with Crippen LogP contribution < -0.4 is 10.6 Å². The molecule has 0 unspecified atom stereocenters. The highest BCUT2D eigenvalue weighted by atomic mass is 16.5. The van der Waals surface area contributed by atoms with E-state index >= 15 is 0 Å². The van der Waals surface area contributed by atoms with Crippen molar-refractivity contribution in [3.05, 3.63) is 35.4 Å². The van der Waals surface area contributed by atoms with Crippen molar-refractivity contribution >= 4 is 11.8 Å². The van der Waals surface area contributed by atoms with Crippen LogP contribution >= 0.6 is 0 Å². The molecule has 3 atom stereocenters. The van der Waals surface area contributed by atoms with Gasteiger partial charge < -0.3 is 15.4 Å². The first-order valence-electron chi connectivity index (χ1n) is 9.67. The summed E-state index contributed by atoms with van der Waals surface area (Å²) in [6.45, 7) is 8.64. The highest BCUT2D eigenvalue weighted by molar-refractivity contribution is 5.98. The lowest BCUT2D eigenvalue weighted by molar-refractivity contribution is -0.124. The Balaban J connectivity index is 1.89. The van der Waals surface area contributed by atoms with E-state index in [1.807, 2.05) is 45.9 Å². The third kappa shape index (κ3) is 5.84. The molecule has 1 aromatic rings. The number of rotatable bonds is 8. The number of nitrogens with one attached hydrogen (secondary N) is 2. The van der Waals surface area contributed by atoms with Crippen LogP contribution in [0.4, 0.5) is 0 Å². The third-order valence-corrected chi connectivity index (χ3v) is 4.96. The maximum Gasteiger partial charge on any atom is 0.252 e. The summed E-state index contributed by atoms with van der Waals surface area (Å²) in [4.78, 5) is 25.2. The molecule has 1 aliphatic rings. The van der Waals surface area contributed by atoms with E-state index in [0.717, 1.165) is 37.9 Å². The van der Waals surface area contributed by atoms with Crippen molar-refractivity contribution in [1.82, 2.24) is 10.6 Å². The summed E-state index contributed by atoms with van der Waals surface area (Å²) in [6.07, 6.45) is 4.42. The molecule has 0 bridgehead atoms. The fourth-order valence-electron chi connectivity index (χ4n) is 3.29. The van der Waals surface area contributed by atoms with Crippen LogP contribution in [0, 0.1) is 12.8 Å². The Morgan fingerprint density at radius 2 is 1.92 bits per heavy atom. The molecule has 5 nitrogen and oxygen atoms in total. The number of aryl methyl sites for hydroxylation is 1. The molecule has 0 spiro atoms. The minimum atomic E-state index is -0.549. The van der Waals surface area contributed by atoms with Gasteiger partial charge in [0.25, 0.3) is 5.91 Å². The van der Waals surface area contributed by atoms with Gasteiger partial charge in [0.1, 0.15) is 6.04 Å². The van der Waals surface area contributed by atoms with Crippen molar-refractivity contribution in [3.63, 3.8) is 0 Å². The molecule has 0 radical (unpaired) electrons. The Hall–Kier alpha value is -1.88. The van der Waals surface area contributed by atoms with E-state index in [2.05, 4.69) is 10.6 Å². The summed E-state index contributed by atoms with van der Waals surface area (Å²) in [7, 11) is 0. The average molecular weight is 360 g/mol. The van der Waals surface area contributed by atoms with Crippen LogP contribution in [-0.2, 0) is 9.53 Å². The highest BCUT2D eigenvalue weighted by Crippen LogP contribution is 2.18. The lowest BCUT2D eigenvalue weighted by Gasteiger charge is -2.25. The molecular weight excluding hydrogens is 328 g/mol. The van der Waals surface area contributed by atoms with Crippen molar-refractivity contribution in [2.24, 2.45) is 5.92 Å². The summed E-state index contributed by atoms with van der Waals surface area (Å²) in [6, 6.07) is 6.92. The first-order valence-corrected chi connectivity index (χ1v) is 9.67. The molecule has 1 saturated heterocycles. The zero-order valence-electron chi connectivity index (χ0n) is 16.4. The first kappa shape index (κ1) is 20.4. The van der Waals surface area contributed by atoms with Crippen LogP contribution in [0.15, 0.2) is 24.3 Å². The molecule has 2 amide bonds. The van der Waals surface area contributed by atoms with E-state index in [0.29, 0.717) is 11.7 Å². The van der Waals surface area contributed by atoms with Gasteiger partial charge in [-0.25, -0.2) is 0 Å². The summed E-state index contributed by atoms with van der Waals surface area (Å²) < 4.78 is 5.64. The predicted octanol–water partition coefficient (Wildman–Crippen LogP) is 3.21. The lowest BCUT2D eigenvalue weighted by atomic mass is 10.0. The number of benzene rings is 1. The molecule has 0 saturated carbocycles. The minimum Gasteiger partial charge on any atom is -0.378 e. The van der Waals surface area contributed by atoms with Gasteiger partial charge in [-0.3, -0.25) is 9.59 Å². The molecule has 1 aliphatic heterocycles. The third-order valence-electron chi connectivity index (χ3n) is 4.96. The second-order valence-electron chi connectivity index (χ2n) is 7.63. The van der Waals surface area contributed by atoms with E-state index in [9.17, 15) is 9.59 Å². The lowest BCUT2D eigenvalue weighted by Crippen LogP contribution is -2.51. The molecule has 1 heterocycles. The molecule has 0 aromatic heterocycles. The maximum atomic E-state index is 12.7. The fraction of sp³-hybridized carbons (Fsp3) is 0.619. The van der Waals surface area contributed by atoms with E-state index < -0.39 is 6.04 Å². The quantitative estimate of drug-likeness (QED) is 0.748. The van der Waals surface area contributed by atoms with Crippen molar-refractivity contribution in [3.8, 4) is 0 Å². The Morgan fingerprint density at radius 1 is 1.19 bits per heavy atom. The second kappa shape index (κ2) is 9.72. The molecule has 1 fully saturated rings. The van der Waals surface area contributed by atoms with E-state index in [4.69, 9.17) is 4.74 Å². The summed E-state index contributed by atoms with van der Waals surface area (Å²) in [5.74, 6) is -0.320. The number of carbonyl (C=O) groups is 2. The largest absolute Gasteiger partial charge is 0.378 e. The van der Waals surface area contributed by atoms with Gasteiger partial charge in [-0.2, -0.15) is 0 Å². The number of amides is 2. The molecule has 1 aromatic carbocycles. The van der Waals surface area contributed by atoms with E-state index in [1.165, 1.54) is 0 Å². The predicted molar refractivity (Wildman–Crippen MR) is 103 cm³/mol. The highest BCUT2D eigenvalue weighted by Gasteiger charge is 2.26. The molecule has 0 aliphatic carbocycles. The normalized spacial score (nSPS) is 19.2. The van der Waals surface area contributed by atoms with Gasteiger partial charge in [-0.15, -0.1) is 0 Å². The van der Waals surface area contributed by atoms with Crippen LogP contribution in [0.1, 0.15) is 62.4 Å². The van der Waals surface area contributed by atoms with Gasteiger partial charge in [-0.1, -0.05) is 32.0 Å². The van der Waals surface area contributed by atoms with Crippen LogP contribution in [0.5, 0.6) is 0 Å².